The van der Waals surface area contributed by atoms with E-state index in [9.17, 15) is 13.2 Å². The highest BCUT2D eigenvalue weighted by Crippen LogP contribution is 2.30. The Morgan fingerprint density at radius 2 is 2.05 bits per heavy atom. The second kappa shape index (κ2) is 7.58. The zero-order valence-corrected chi connectivity index (χ0v) is 14.8. The molecule has 0 radical (unpaired) electrons. The van der Waals surface area contributed by atoms with E-state index in [4.69, 9.17) is 16.7 Å². The van der Waals surface area contributed by atoms with E-state index in [-0.39, 0.29) is 26.0 Å². The Balaban J connectivity index is 3.23. The van der Waals surface area contributed by atoms with Crippen molar-refractivity contribution in [1.29, 1.82) is 0 Å². The van der Waals surface area contributed by atoms with E-state index >= 15 is 0 Å². The summed E-state index contributed by atoms with van der Waals surface area (Å²) in [6, 6.07) is 2.19. The third-order valence-electron chi connectivity index (χ3n) is 2.99. The van der Waals surface area contributed by atoms with Crippen molar-refractivity contribution < 1.29 is 18.3 Å². The highest BCUT2D eigenvalue weighted by Gasteiger charge is 2.23. The van der Waals surface area contributed by atoms with Gasteiger partial charge in [-0.1, -0.05) is 31.9 Å². The molecule has 0 spiro atoms. The Bertz CT molecular complexity index is 633. The Labute approximate surface area is 137 Å². The molecule has 0 amide bonds. The lowest BCUT2D eigenvalue weighted by Crippen LogP contribution is -2.34. The Hall–Kier alpha value is -0.630. The van der Waals surface area contributed by atoms with Crippen molar-refractivity contribution in [2.45, 2.75) is 44.0 Å². The maximum atomic E-state index is 12.3. The molecule has 5 nitrogen and oxygen atoms in total. The molecule has 0 fully saturated rings. The summed E-state index contributed by atoms with van der Waals surface area (Å²) in [4.78, 5) is 11.0. The van der Waals surface area contributed by atoms with E-state index in [1.54, 1.807) is 0 Å². The second-order valence-corrected chi connectivity index (χ2v) is 7.53. The first-order valence-electron chi connectivity index (χ1n) is 6.47. The number of sulfonamides is 1. The lowest BCUT2D eigenvalue weighted by molar-refractivity contribution is 0.0696. The molecule has 1 aromatic rings. The van der Waals surface area contributed by atoms with Crippen molar-refractivity contribution in [3.05, 3.63) is 27.2 Å². The van der Waals surface area contributed by atoms with Crippen LogP contribution in [0.4, 0.5) is 0 Å². The fourth-order valence-electron chi connectivity index (χ4n) is 1.86. The number of halogens is 2. The smallest absolute Gasteiger partial charge is 0.337 e. The minimum atomic E-state index is -3.79. The zero-order valence-electron chi connectivity index (χ0n) is 11.7. The Morgan fingerprint density at radius 1 is 1.43 bits per heavy atom. The van der Waals surface area contributed by atoms with E-state index < -0.39 is 16.0 Å². The van der Waals surface area contributed by atoms with Gasteiger partial charge >= 0.3 is 5.97 Å². The highest BCUT2D eigenvalue weighted by atomic mass is 79.9. The first kappa shape index (κ1) is 18.4. The number of carboxylic acids is 1. The number of aromatic carboxylic acids is 1. The minimum absolute atomic E-state index is 0.0259. The van der Waals surface area contributed by atoms with Crippen molar-refractivity contribution in [2.24, 2.45) is 0 Å². The number of nitrogens with one attached hydrogen (secondary N) is 1. The van der Waals surface area contributed by atoms with Crippen LogP contribution < -0.4 is 4.72 Å². The molecule has 1 rings (SSSR count). The summed E-state index contributed by atoms with van der Waals surface area (Å²) in [6.45, 7) is 3.86. The Morgan fingerprint density at radius 3 is 2.52 bits per heavy atom. The van der Waals surface area contributed by atoms with Crippen molar-refractivity contribution in [2.75, 3.05) is 0 Å². The molecule has 0 aliphatic heterocycles. The molecule has 0 saturated carbocycles. The normalized spacial score (nSPS) is 13.1. The van der Waals surface area contributed by atoms with Gasteiger partial charge in [0.1, 0.15) is 0 Å². The maximum Gasteiger partial charge on any atom is 0.337 e. The molecule has 1 atom stereocenters. The number of hydrogen-bond donors (Lipinski definition) is 2. The van der Waals surface area contributed by atoms with Crippen LogP contribution in [0.3, 0.4) is 0 Å². The van der Waals surface area contributed by atoms with Gasteiger partial charge in [0.15, 0.2) is 0 Å². The molecule has 0 bridgehead atoms. The van der Waals surface area contributed by atoms with Gasteiger partial charge in [-0.3, -0.25) is 0 Å². The first-order valence-corrected chi connectivity index (χ1v) is 9.13. The number of hydrogen-bond acceptors (Lipinski definition) is 3. The van der Waals surface area contributed by atoms with Gasteiger partial charge < -0.3 is 5.11 Å². The van der Waals surface area contributed by atoms with Crippen LogP contribution in [-0.4, -0.2) is 25.5 Å². The molecule has 8 heteroatoms. The third-order valence-corrected chi connectivity index (χ3v) is 5.76. The molecule has 0 aromatic heterocycles. The number of benzene rings is 1. The number of carboxylic acid groups (broad SMARTS) is 1. The van der Waals surface area contributed by atoms with Crippen LogP contribution in [-0.2, 0) is 10.0 Å². The topological polar surface area (TPSA) is 83.5 Å². The van der Waals surface area contributed by atoms with Gasteiger partial charge in [-0.15, -0.1) is 0 Å². The van der Waals surface area contributed by atoms with Gasteiger partial charge in [-0.25, -0.2) is 17.9 Å². The van der Waals surface area contributed by atoms with Crippen LogP contribution >= 0.6 is 27.5 Å². The van der Waals surface area contributed by atoms with Crippen LogP contribution in [0.1, 0.15) is 43.5 Å². The summed E-state index contributed by atoms with van der Waals surface area (Å²) in [5.41, 5.74) is -0.255. The van der Waals surface area contributed by atoms with Crippen LogP contribution in [0, 0.1) is 0 Å². The standard InChI is InChI=1S/C13H17BrClNO4S/c1-3-5-8(4-2)16-21(19,20)9-6-10(13(17)18)12(15)11(14)7-9/h6-8,16H,3-5H2,1-2H3,(H,17,18). The molecule has 118 valence electrons. The molecule has 0 heterocycles. The maximum absolute atomic E-state index is 12.3. The van der Waals surface area contributed by atoms with E-state index in [0.717, 1.165) is 18.9 Å². The van der Waals surface area contributed by atoms with Gasteiger partial charge in [0.05, 0.1) is 15.5 Å². The van der Waals surface area contributed by atoms with E-state index in [1.165, 1.54) is 6.07 Å². The zero-order chi connectivity index (χ0) is 16.2. The van der Waals surface area contributed by atoms with Crippen molar-refractivity contribution in [3.63, 3.8) is 0 Å². The third kappa shape index (κ3) is 4.67. The fraction of sp³-hybridized carbons (Fsp3) is 0.462. The first-order chi connectivity index (χ1) is 9.72. The van der Waals surface area contributed by atoms with Crippen LogP contribution in [0.5, 0.6) is 0 Å². The predicted octanol–water partition coefficient (Wildman–Crippen LogP) is 3.66. The van der Waals surface area contributed by atoms with Crippen molar-refractivity contribution >= 4 is 43.5 Å². The summed E-state index contributed by atoms with van der Waals surface area (Å²) in [7, 11) is -3.79. The number of carbonyl (C=O) groups is 1. The molecular weight excluding hydrogens is 382 g/mol. The quantitative estimate of drug-likeness (QED) is 0.734. The van der Waals surface area contributed by atoms with Crippen LogP contribution in [0.15, 0.2) is 21.5 Å². The van der Waals surface area contributed by atoms with Crippen LogP contribution in [0.2, 0.25) is 5.02 Å². The lowest BCUT2D eigenvalue weighted by Gasteiger charge is -2.17. The molecule has 0 aliphatic carbocycles. The van der Waals surface area contributed by atoms with Gasteiger partial charge in [-0.05, 0) is 40.9 Å². The molecule has 0 saturated heterocycles. The summed E-state index contributed by atoms with van der Waals surface area (Å²) >= 11 is 8.93. The summed E-state index contributed by atoms with van der Waals surface area (Å²) < 4.78 is 27.5. The predicted molar refractivity (Wildman–Crippen MR) is 85.4 cm³/mol. The van der Waals surface area contributed by atoms with Crippen molar-refractivity contribution in [1.82, 2.24) is 4.72 Å². The van der Waals surface area contributed by atoms with Gasteiger partial charge in [-0.2, -0.15) is 0 Å². The Kier molecular flexibility index (Phi) is 6.65. The molecule has 21 heavy (non-hydrogen) atoms. The average Bonchev–Trinajstić information content (AvgIpc) is 2.40. The molecule has 2 N–H and O–H groups in total. The van der Waals surface area contributed by atoms with Crippen LogP contribution in [0.25, 0.3) is 0 Å². The molecule has 0 aliphatic rings. The number of rotatable bonds is 7. The monoisotopic (exact) mass is 397 g/mol. The molecular formula is C13H17BrClNO4S. The summed E-state index contributed by atoms with van der Waals surface area (Å²) in [5, 5.41) is 9.05. The summed E-state index contributed by atoms with van der Waals surface area (Å²) in [6.07, 6.45) is 2.23. The van der Waals surface area contributed by atoms with E-state index in [0.29, 0.717) is 6.42 Å². The van der Waals surface area contributed by atoms with E-state index in [2.05, 4.69) is 20.7 Å². The highest BCUT2D eigenvalue weighted by molar-refractivity contribution is 9.10. The largest absolute Gasteiger partial charge is 0.478 e. The molecule has 1 aromatic carbocycles. The SMILES string of the molecule is CCCC(CC)NS(=O)(=O)c1cc(Br)c(Cl)c(C(=O)O)c1. The summed E-state index contributed by atoms with van der Waals surface area (Å²) in [5.74, 6) is -1.28. The van der Waals surface area contributed by atoms with E-state index in [1.807, 2.05) is 13.8 Å². The average molecular weight is 399 g/mol. The lowest BCUT2D eigenvalue weighted by atomic mass is 10.1. The van der Waals surface area contributed by atoms with Gasteiger partial charge in [0.2, 0.25) is 10.0 Å². The van der Waals surface area contributed by atoms with Gasteiger partial charge in [0, 0.05) is 10.5 Å². The molecule has 1 unspecified atom stereocenters. The van der Waals surface area contributed by atoms with Gasteiger partial charge in [0.25, 0.3) is 0 Å². The van der Waals surface area contributed by atoms with Crippen molar-refractivity contribution in [3.8, 4) is 0 Å². The fourth-order valence-corrected chi connectivity index (χ4v) is 4.06. The second-order valence-electron chi connectivity index (χ2n) is 4.59. The minimum Gasteiger partial charge on any atom is -0.478 e.